The van der Waals surface area contributed by atoms with Gasteiger partial charge in [0.1, 0.15) is 0 Å². The molecule has 0 aromatic rings. The quantitative estimate of drug-likeness (QED) is 0.591. The Bertz CT molecular complexity index is 131. The molecule has 0 bridgehead atoms. The number of hydrogen-bond acceptors (Lipinski definition) is 3. The van der Waals surface area contributed by atoms with Crippen molar-refractivity contribution in [2.24, 2.45) is 10.7 Å². The highest BCUT2D eigenvalue weighted by molar-refractivity contribution is 5.82. The lowest BCUT2D eigenvalue weighted by atomic mass is 10.3. The number of hydrogen-bond donors (Lipinski definition) is 1. The summed E-state index contributed by atoms with van der Waals surface area (Å²) in [6, 6.07) is 0. The number of aliphatic imine (C=N–C) groups is 1. The standard InChI is InChI=1S/C7H15N3/c1-10-6-2-5-9-7(10)3-4-8/h2-6,8H2,1H3. The summed E-state index contributed by atoms with van der Waals surface area (Å²) in [7, 11) is 2.08. The van der Waals surface area contributed by atoms with Crippen molar-refractivity contribution in [3.63, 3.8) is 0 Å². The van der Waals surface area contributed by atoms with E-state index < -0.39 is 0 Å². The number of amidine groups is 1. The van der Waals surface area contributed by atoms with Gasteiger partial charge in [-0.2, -0.15) is 0 Å². The van der Waals surface area contributed by atoms with Gasteiger partial charge < -0.3 is 10.6 Å². The summed E-state index contributed by atoms with van der Waals surface area (Å²) in [4.78, 5) is 6.55. The summed E-state index contributed by atoms with van der Waals surface area (Å²) in [6.07, 6.45) is 2.11. The van der Waals surface area contributed by atoms with Crippen molar-refractivity contribution >= 4 is 5.84 Å². The molecule has 0 spiro atoms. The van der Waals surface area contributed by atoms with Crippen molar-refractivity contribution in [1.82, 2.24) is 4.90 Å². The van der Waals surface area contributed by atoms with E-state index in [9.17, 15) is 0 Å². The highest BCUT2D eigenvalue weighted by atomic mass is 15.2. The minimum absolute atomic E-state index is 0.711. The van der Waals surface area contributed by atoms with E-state index in [0.29, 0.717) is 6.54 Å². The smallest absolute Gasteiger partial charge is 0.0999 e. The SMILES string of the molecule is CN1CCCN=C1CCN. The third kappa shape index (κ3) is 1.70. The predicted octanol–water partition coefficient (Wildman–Crippen LogP) is 0.0692. The Morgan fingerprint density at radius 2 is 2.50 bits per heavy atom. The van der Waals surface area contributed by atoms with E-state index in [1.54, 1.807) is 0 Å². The van der Waals surface area contributed by atoms with Crippen LogP contribution in [0.1, 0.15) is 12.8 Å². The molecule has 0 amide bonds. The average Bonchev–Trinajstić information content (AvgIpc) is 1.94. The Morgan fingerprint density at radius 3 is 3.10 bits per heavy atom. The average molecular weight is 141 g/mol. The summed E-state index contributed by atoms with van der Waals surface area (Å²) in [6.45, 7) is 2.84. The van der Waals surface area contributed by atoms with Gasteiger partial charge in [-0.1, -0.05) is 0 Å². The van der Waals surface area contributed by atoms with Crippen LogP contribution in [-0.4, -0.2) is 37.4 Å². The van der Waals surface area contributed by atoms with E-state index in [0.717, 1.165) is 19.5 Å². The summed E-state index contributed by atoms with van der Waals surface area (Å²) < 4.78 is 0. The molecule has 58 valence electrons. The minimum atomic E-state index is 0.711. The van der Waals surface area contributed by atoms with Crippen LogP contribution in [-0.2, 0) is 0 Å². The van der Waals surface area contributed by atoms with Crippen LogP contribution in [0.3, 0.4) is 0 Å². The molecular weight excluding hydrogens is 126 g/mol. The van der Waals surface area contributed by atoms with E-state index in [-0.39, 0.29) is 0 Å². The van der Waals surface area contributed by atoms with Crippen molar-refractivity contribution in [2.75, 3.05) is 26.7 Å². The third-order valence-corrected chi connectivity index (χ3v) is 1.75. The summed E-state index contributed by atoms with van der Waals surface area (Å²) in [5, 5.41) is 0. The van der Waals surface area contributed by atoms with E-state index in [2.05, 4.69) is 16.9 Å². The van der Waals surface area contributed by atoms with E-state index in [1.165, 1.54) is 12.3 Å². The van der Waals surface area contributed by atoms with Crippen LogP contribution < -0.4 is 5.73 Å². The molecule has 10 heavy (non-hydrogen) atoms. The first-order valence-electron chi connectivity index (χ1n) is 3.79. The van der Waals surface area contributed by atoms with E-state index in [4.69, 9.17) is 5.73 Å². The molecule has 0 saturated heterocycles. The first kappa shape index (κ1) is 7.54. The number of nitrogens with two attached hydrogens (primary N) is 1. The van der Waals surface area contributed by atoms with Crippen molar-refractivity contribution in [3.05, 3.63) is 0 Å². The van der Waals surface area contributed by atoms with Gasteiger partial charge in [0, 0.05) is 26.6 Å². The van der Waals surface area contributed by atoms with Gasteiger partial charge in [0.2, 0.25) is 0 Å². The molecule has 0 radical (unpaired) electrons. The molecule has 1 aliphatic heterocycles. The Morgan fingerprint density at radius 1 is 1.70 bits per heavy atom. The molecule has 1 heterocycles. The zero-order chi connectivity index (χ0) is 7.40. The highest BCUT2D eigenvalue weighted by Gasteiger charge is 2.08. The topological polar surface area (TPSA) is 41.6 Å². The molecule has 3 heteroatoms. The summed E-state index contributed by atoms with van der Waals surface area (Å²) in [5.41, 5.74) is 5.41. The Hall–Kier alpha value is -0.570. The van der Waals surface area contributed by atoms with Gasteiger partial charge in [-0.15, -0.1) is 0 Å². The molecule has 0 saturated carbocycles. The highest BCUT2D eigenvalue weighted by Crippen LogP contribution is 2.01. The molecule has 2 N–H and O–H groups in total. The van der Waals surface area contributed by atoms with Gasteiger partial charge in [0.15, 0.2) is 0 Å². The van der Waals surface area contributed by atoms with Crippen molar-refractivity contribution in [1.29, 1.82) is 0 Å². The Labute approximate surface area is 61.9 Å². The minimum Gasteiger partial charge on any atom is -0.363 e. The van der Waals surface area contributed by atoms with Gasteiger partial charge in [0.25, 0.3) is 0 Å². The van der Waals surface area contributed by atoms with Gasteiger partial charge in [-0.05, 0) is 13.0 Å². The maximum Gasteiger partial charge on any atom is 0.0999 e. The van der Waals surface area contributed by atoms with Crippen LogP contribution in [0, 0.1) is 0 Å². The molecule has 0 unspecified atom stereocenters. The molecule has 0 aliphatic carbocycles. The normalized spacial score (nSPS) is 19.0. The number of nitrogens with zero attached hydrogens (tertiary/aromatic N) is 2. The summed E-state index contributed by atoms with van der Waals surface area (Å²) in [5.74, 6) is 1.17. The second-order valence-electron chi connectivity index (χ2n) is 2.61. The molecule has 1 aliphatic rings. The fraction of sp³-hybridized carbons (Fsp3) is 0.857. The zero-order valence-electron chi connectivity index (χ0n) is 6.51. The Balaban J connectivity index is 2.44. The molecule has 0 atom stereocenters. The van der Waals surface area contributed by atoms with E-state index in [1.807, 2.05) is 0 Å². The predicted molar refractivity (Wildman–Crippen MR) is 43.2 cm³/mol. The lowest BCUT2D eigenvalue weighted by molar-refractivity contribution is 0.456. The summed E-state index contributed by atoms with van der Waals surface area (Å²) >= 11 is 0. The first-order chi connectivity index (χ1) is 4.84. The molecule has 0 aromatic heterocycles. The molecule has 1 rings (SSSR count). The second-order valence-corrected chi connectivity index (χ2v) is 2.61. The molecular formula is C7H15N3. The fourth-order valence-electron chi connectivity index (χ4n) is 1.16. The van der Waals surface area contributed by atoms with E-state index >= 15 is 0 Å². The largest absolute Gasteiger partial charge is 0.363 e. The first-order valence-corrected chi connectivity index (χ1v) is 3.79. The fourth-order valence-corrected chi connectivity index (χ4v) is 1.16. The van der Waals surface area contributed by atoms with Crippen molar-refractivity contribution in [3.8, 4) is 0 Å². The van der Waals surface area contributed by atoms with Crippen molar-refractivity contribution < 1.29 is 0 Å². The van der Waals surface area contributed by atoms with Crippen LogP contribution in [0.2, 0.25) is 0 Å². The van der Waals surface area contributed by atoms with Crippen LogP contribution in [0.4, 0.5) is 0 Å². The second kappa shape index (κ2) is 3.56. The monoisotopic (exact) mass is 141 g/mol. The maximum atomic E-state index is 5.41. The van der Waals surface area contributed by atoms with Gasteiger partial charge >= 0.3 is 0 Å². The van der Waals surface area contributed by atoms with Gasteiger partial charge in [-0.3, -0.25) is 4.99 Å². The van der Waals surface area contributed by atoms with Crippen LogP contribution in [0.25, 0.3) is 0 Å². The van der Waals surface area contributed by atoms with Crippen LogP contribution >= 0.6 is 0 Å². The van der Waals surface area contributed by atoms with Gasteiger partial charge in [-0.25, -0.2) is 0 Å². The van der Waals surface area contributed by atoms with Gasteiger partial charge in [0.05, 0.1) is 5.84 Å². The third-order valence-electron chi connectivity index (χ3n) is 1.75. The molecule has 3 nitrogen and oxygen atoms in total. The molecule has 0 fully saturated rings. The van der Waals surface area contributed by atoms with Crippen molar-refractivity contribution in [2.45, 2.75) is 12.8 Å². The van der Waals surface area contributed by atoms with Crippen LogP contribution in [0.5, 0.6) is 0 Å². The number of rotatable bonds is 2. The maximum absolute atomic E-state index is 5.41. The lowest BCUT2D eigenvalue weighted by Gasteiger charge is -2.24. The molecule has 0 aromatic carbocycles. The Kier molecular flexibility index (Phi) is 2.68. The zero-order valence-corrected chi connectivity index (χ0v) is 6.51. The van der Waals surface area contributed by atoms with Crippen LogP contribution in [0.15, 0.2) is 4.99 Å². The lowest BCUT2D eigenvalue weighted by Crippen LogP contribution is -2.33.